The van der Waals surface area contributed by atoms with E-state index in [0.717, 1.165) is 10.3 Å². The van der Waals surface area contributed by atoms with Crippen LogP contribution in [0.3, 0.4) is 0 Å². The molecule has 3 N–H and O–H groups in total. The number of aromatic nitrogens is 1. The van der Waals surface area contributed by atoms with Gasteiger partial charge in [-0.2, -0.15) is 0 Å². The maximum absolute atomic E-state index is 8.58. The van der Waals surface area contributed by atoms with Crippen LogP contribution in [0.2, 0.25) is 5.02 Å². The van der Waals surface area contributed by atoms with Gasteiger partial charge in [-0.25, -0.2) is 4.98 Å². The third-order valence-corrected chi connectivity index (χ3v) is 3.11. The molecule has 0 saturated heterocycles. The molecule has 0 bridgehead atoms. The van der Waals surface area contributed by atoms with Crippen LogP contribution >= 0.6 is 27.5 Å². The Hall–Kier alpha value is -1.01. The third kappa shape index (κ3) is 3.74. The summed E-state index contributed by atoms with van der Waals surface area (Å²) < 4.78 is 0.805. The Balaban J connectivity index is 2.79. The number of nitrogens with zero attached hydrogens (tertiary/aromatic N) is 3. The van der Waals surface area contributed by atoms with Gasteiger partial charge in [0.1, 0.15) is 11.7 Å². The zero-order valence-corrected chi connectivity index (χ0v) is 11.9. The molecule has 0 spiro atoms. The number of nitrogens with two attached hydrogens (primary N) is 1. The first-order valence-corrected chi connectivity index (χ1v) is 6.12. The number of anilines is 1. The lowest BCUT2D eigenvalue weighted by Crippen LogP contribution is -2.33. The first kappa shape index (κ1) is 14.1. The third-order valence-electron chi connectivity index (χ3n) is 2.32. The molecule has 0 aliphatic heterocycles. The number of hydrogen-bond acceptors (Lipinski definition) is 4. The van der Waals surface area contributed by atoms with E-state index in [1.54, 1.807) is 12.3 Å². The van der Waals surface area contributed by atoms with Gasteiger partial charge < -0.3 is 15.8 Å². The molecule has 0 aromatic carbocycles. The molecule has 1 unspecified atom stereocenters. The summed E-state index contributed by atoms with van der Waals surface area (Å²) in [6.45, 7) is 2.46. The van der Waals surface area contributed by atoms with Gasteiger partial charge in [0.15, 0.2) is 0 Å². The molecule has 5 nitrogen and oxygen atoms in total. The van der Waals surface area contributed by atoms with E-state index in [-0.39, 0.29) is 11.8 Å². The van der Waals surface area contributed by atoms with Gasteiger partial charge >= 0.3 is 0 Å². The van der Waals surface area contributed by atoms with E-state index in [4.69, 9.17) is 22.5 Å². The average molecular weight is 322 g/mol. The highest BCUT2D eigenvalue weighted by atomic mass is 79.9. The second-order valence-electron chi connectivity index (χ2n) is 3.77. The lowest BCUT2D eigenvalue weighted by Gasteiger charge is -2.22. The summed E-state index contributed by atoms with van der Waals surface area (Å²) in [5.74, 6) is 0.878. The molecule has 0 aliphatic rings. The molecule has 1 aromatic rings. The number of pyridine rings is 1. The quantitative estimate of drug-likeness (QED) is 0.386. The fourth-order valence-corrected chi connectivity index (χ4v) is 2.32. The fourth-order valence-electron chi connectivity index (χ4n) is 1.38. The zero-order valence-electron chi connectivity index (χ0n) is 9.56. The topological polar surface area (TPSA) is 74.7 Å². The Morgan fingerprint density at radius 2 is 2.41 bits per heavy atom. The molecule has 1 rings (SSSR count). The predicted molar refractivity (Wildman–Crippen MR) is 72.8 cm³/mol. The minimum Gasteiger partial charge on any atom is -0.409 e. The highest BCUT2D eigenvalue weighted by Gasteiger charge is 2.14. The van der Waals surface area contributed by atoms with Crippen LogP contribution in [0.4, 0.5) is 5.82 Å². The van der Waals surface area contributed by atoms with Crippen molar-refractivity contribution in [3.8, 4) is 0 Å². The van der Waals surface area contributed by atoms with Crippen molar-refractivity contribution in [1.29, 1.82) is 0 Å². The Morgan fingerprint density at radius 1 is 1.76 bits per heavy atom. The Bertz CT molecular complexity index is 427. The molecule has 7 heteroatoms. The molecule has 1 atom stereocenters. The summed E-state index contributed by atoms with van der Waals surface area (Å²) in [4.78, 5) is 6.13. The van der Waals surface area contributed by atoms with E-state index >= 15 is 0 Å². The molecule has 0 radical (unpaired) electrons. The number of oxime groups is 1. The highest BCUT2D eigenvalue weighted by Crippen LogP contribution is 2.26. The number of rotatable bonds is 4. The van der Waals surface area contributed by atoms with Crippen LogP contribution < -0.4 is 10.6 Å². The maximum Gasteiger partial charge on any atom is 0.143 e. The van der Waals surface area contributed by atoms with Crippen molar-refractivity contribution >= 4 is 39.2 Å². The summed E-state index contributed by atoms with van der Waals surface area (Å²) in [6.07, 6.45) is 1.58. The smallest absolute Gasteiger partial charge is 0.143 e. The number of amidine groups is 1. The van der Waals surface area contributed by atoms with Crippen molar-refractivity contribution in [2.75, 3.05) is 18.5 Å². The Kier molecular flexibility index (Phi) is 5.02. The summed E-state index contributed by atoms with van der Waals surface area (Å²) in [6, 6.07) is 1.77. The van der Waals surface area contributed by atoms with Gasteiger partial charge in [0.05, 0.1) is 9.50 Å². The van der Waals surface area contributed by atoms with Crippen molar-refractivity contribution in [2.24, 2.45) is 16.8 Å². The van der Waals surface area contributed by atoms with Crippen molar-refractivity contribution in [1.82, 2.24) is 4.98 Å². The van der Waals surface area contributed by atoms with Crippen LogP contribution in [0.15, 0.2) is 21.9 Å². The molecule has 0 fully saturated rings. The lowest BCUT2D eigenvalue weighted by molar-refractivity contribution is 0.314. The minimum atomic E-state index is -0.0746. The first-order valence-electron chi connectivity index (χ1n) is 4.95. The average Bonchev–Trinajstić information content (AvgIpc) is 2.27. The minimum absolute atomic E-state index is 0.0746. The zero-order chi connectivity index (χ0) is 13.0. The van der Waals surface area contributed by atoms with E-state index in [2.05, 4.69) is 26.1 Å². The van der Waals surface area contributed by atoms with Crippen LogP contribution in [0.25, 0.3) is 0 Å². The maximum atomic E-state index is 8.58. The van der Waals surface area contributed by atoms with Crippen LogP contribution in [0, 0.1) is 5.92 Å². The van der Waals surface area contributed by atoms with Crippen molar-refractivity contribution in [3.05, 3.63) is 21.8 Å². The van der Waals surface area contributed by atoms with E-state index in [1.165, 1.54) is 0 Å². The molecule has 0 amide bonds. The molecule has 0 aliphatic carbocycles. The van der Waals surface area contributed by atoms with E-state index in [1.807, 2.05) is 18.9 Å². The summed E-state index contributed by atoms with van der Waals surface area (Å²) in [5.41, 5.74) is 5.53. The fraction of sp³-hybridized carbons (Fsp3) is 0.400. The lowest BCUT2D eigenvalue weighted by atomic mass is 10.1. The first-order chi connectivity index (χ1) is 7.95. The van der Waals surface area contributed by atoms with Crippen LogP contribution in [0.5, 0.6) is 0 Å². The monoisotopic (exact) mass is 320 g/mol. The number of hydrogen-bond donors (Lipinski definition) is 2. The van der Waals surface area contributed by atoms with E-state index in [9.17, 15) is 0 Å². The predicted octanol–water partition coefficient (Wildman–Crippen LogP) is 2.32. The summed E-state index contributed by atoms with van der Waals surface area (Å²) >= 11 is 9.21. The number of halogens is 2. The standard InChI is InChI=1S/C10H14BrClN4O/c1-6(9(13)15-17)5-16(2)10-8(11)3-7(12)4-14-10/h3-4,6,17H,5H2,1-2H3,(H2,13,15). The molecular formula is C10H14BrClN4O. The molecule has 17 heavy (non-hydrogen) atoms. The van der Waals surface area contributed by atoms with Crippen LogP contribution in [-0.4, -0.2) is 29.6 Å². The van der Waals surface area contributed by atoms with Crippen molar-refractivity contribution in [3.63, 3.8) is 0 Å². The van der Waals surface area contributed by atoms with Gasteiger partial charge in [0, 0.05) is 25.7 Å². The largest absolute Gasteiger partial charge is 0.409 e. The molecule has 0 saturated carbocycles. The second kappa shape index (κ2) is 6.07. The molecule has 94 valence electrons. The van der Waals surface area contributed by atoms with Gasteiger partial charge in [-0.15, -0.1) is 0 Å². The summed E-state index contributed by atoms with van der Waals surface area (Å²) in [5, 5.41) is 12.1. The van der Waals surface area contributed by atoms with Gasteiger partial charge in [0.25, 0.3) is 0 Å². The van der Waals surface area contributed by atoms with Gasteiger partial charge in [0.2, 0.25) is 0 Å². The van der Waals surface area contributed by atoms with Gasteiger partial charge in [-0.1, -0.05) is 23.7 Å². The summed E-state index contributed by atoms with van der Waals surface area (Å²) in [7, 11) is 1.88. The molecule has 1 heterocycles. The van der Waals surface area contributed by atoms with Crippen molar-refractivity contribution < 1.29 is 5.21 Å². The Labute approximate surface area is 113 Å². The highest BCUT2D eigenvalue weighted by molar-refractivity contribution is 9.10. The van der Waals surface area contributed by atoms with E-state index < -0.39 is 0 Å². The van der Waals surface area contributed by atoms with Crippen molar-refractivity contribution in [2.45, 2.75) is 6.92 Å². The van der Waals surface area contributed by atoms with E-state index in [0.29, 0.717) is 11.6 Å². The van der Waals surface area contributed by atoms with Gasteiger partial charge in [-0.05, 0) is 22.0 Å². The Morgan fingerprint density at radius 3 is 2.94 bits per heavy atom. The molecule has 1 aromatic heterocycles. The second-order valence-corrected chi connectivity index (χ2v) is 5.06. The van der Waals surface area contributed by atoms with Gasteiger partial charge in [-0.3, -0.25) is 0 Å². The molecular weight excluding hydrogens is 307 g/mol. The van der Waals surface area contributed by atoms with Crippen LogP contribution in [-0.2, 0) is 0 Å². The van der Waals surface area contributed by atoms with Crippen LogP contribution in [0.1, 0.15) is 6.92 Å². The normalized spacial score (nSPS) is 13.5. The SMILES string of the molecule is CC(CN(C)c1ncc(Cl)cc1Br)C(N)=NO.